The van der Waals surface area contributed by atoms with Gasteiger partial charge in [0, 0.05) is 18.1 Å². The van der Waals surface area contributed by atoms with Crippen LogP contribution in [-0.2, 0) is 4.74 Å². The van der Waals surface area contributed by atoms with Crippen molar-refractivity contribution >= 4 is 23.5 Å². The number of nitrogens with one attached hydrogen (secondary N) is 1. The van der Waals surface area contributed by atoms with Crippen LogP contribution in [0.25, 0.3) is 0 Å². The fraction of sp³-hybridized carbons (Fsp3) is 0.0714. The Morgan fingerprint density at radius 3 is 2.18 bits per heavy atom. The van der Waals surface area contributed by atoms with Crippen molar-refractivity contribution in [3.05, 3.63) is 53.6 Å². The first-order chi connectivity index (χ1) is 10.5. The van der Waals surface area contributed by atoms with Gasteiger partial charge in [0.05, 0.1) is 12.7 Å². The predicted octanol–water partition coefficient (Wildman–Crippen LogP) is 1.21. The molecule has 0 aliphatic heterocycles. The summed E-state index contributed by atoms with van der Waals surface area (Å²) in [6, 6.07) is 5.91. The van der Waals surface area contributed by atoms with Crippen LogP contribution < -0.4 is 5.32 Å². The van der Waals surface area contributed by atoms with Gasteiger partial charge in [-0.3, -0.25) is 4.79 Å². The van der Waals surface area contributed by atoms with Gasteiger partial charge in [-0.15, -0.1) is 0 Å². The maximum atomic E-state index is 12.0. The van der Waals surface area contributed by atoms with Crippen molar-refractivity contribution in [2.75, 3.05) is 12.4 Å². The molecular formula is C14H11N3O5. The number of rotatable bonds is 4. The number of aromatic carboxylic acids is 1. The second-order valence-electron chi connectivity index (χ2n) is 4.08. The van der Waals surface area contributed by atoms with E-state index in [2.05, 4.69) is 20.0 Å². The first kappa shape index (κ1) is 15.1. The van der Waals surface area contributed by atoms with Crippen LogP contribution in [0.4, 0.5) is 5.69 Å². The lowest BCUT2D eigenvalue weighted by molar-refractivity contribution is 0.0599. The van der Waals surface area contributed by atoms with Gasteiger partial charge in [0.1, 0.15) is 0 Å². The van der Waals surface area contributed by atoms with Crippen molar-refractivity contribution in [1.29, 1.82) is 0 Å². The Balaban J connectivity index is 2.19. The van der Waals surface area contributed by atoms with E-state index in [4.69, 9.17) is 5.11 Å². The fourth-order valence-electron chi connectivity index (χ4n) is 1.66. The Labute approximate surface area is 124 Å². The van der Waals surface area contributed by atoms with Crippen molar-refractivity contribution in [2.24, 2.45) is 0 Å². The molecule has 1 heterocycles. The molecule has 0 unspecified atom stereocenters. The van der Waals surface area contributed by atoms with E-state index in [1.54, 1.807) is 0 Å². The first-order valence-electron chi connectivity index (χ1n) is 6.07. The average Bonchev–Trinajstić information content (AvgIpc) is 2.54. The van der Waals surface area contributed by atoms with Gasteiger partial charge in [0.25, 0.3) is 5.91 Å². The number of carboxylic acids is 1. The summed E-state index contributed by atoms with van der Waals surface area (Å²) in [7, 11) is 1.26. The maximum Gasteiger partial charge on any atom is 0.356 e. The third-order valence-electron chi connectivity index (χ3n) is 2.68. The van der Waals surface area contributed by atoms with Crippen LogP contribution in [0.3, 0.4) is 0 Å². The van der Waals surface area contributed by atoms with Crippen molar-refractivity contribution < 1.29 is 24.2 Å². The molecule has 8 nitrogen and oxygen atoms in total. The van der Waals surface area contributed by atoms with Crippen molar-refractivity contribution in [1.82, 2.24) is 9.97 Å². The normalized spacial score (nSPS) is 9.86. The lowest BCUT2D eigenvalue weighted by Gasteiger charge is -2.07. The molecule has 1 aromatic heterocycles. The van der Waals surface area contributed by atoms with Gasteiger partial charge in [-0.25, -0.2) is 19.6 Å². The Morgan fingerprint density at radius 2 is 1.64 bits per heavy atom. The highest BCUT2D eigenvalue weighted by atomic mass is 16.5. The Bertz CT molecular complexity index is 728. The molecule has 0 spiro atoms. The Hall–Kier alpha value is -3.29. The zero-order valence-corrected chi connectivity index (χ0v) is 11.4. The van der Waals surface area contributed by atoms with Crippen LogP contribution in [-0.4, -0.2) is 40.0 Å². The number of amides is 1. The lowest BCUT2D eigenvalue weighted by atomic mass is 10.2. The van der Waals surface area contributed by atoms with Gasteiger partial charge >= 0.3 is 11.9 Å². The lowest BCUT2D eigenvalue weighted by Crippen LogP contribution is -2.19. The van der Waals surface area contributed by atoms with Gasteiger partial charge in [-0.05, 0) is 24.3 Å². The van der Waals surface area contributed by atoms with Crippen molar-refractivity contribution in [3.8, 4) is 0 Å². The van der Waals surface area contributed by atoms with Crippen molar-refractivity contribution in [3.63, 3.8) is 0 Å². The number of carbonyl (C=O) groups excluding carboxylic acids is 2. The van der Waals surface area contributed by atoms with Gasteiger partial charge in [-0.2, -0.15) is 0 Å². The second kappa shape index (κ2) is 6.44. The molecule has 2 aromatic rings. The highest BCUT2D eigenvalue weighted by Gasteiger charge is 2.19. The number of benzene rings is 1. The number of hydrogen-bond donors (Lipinski definition) is 2. The van der Waals surface area contributed by atoms with E-state index in [-0.39, 0.29) is 5.69 Å². The topological polar surface area (TPSA) is 118 Å². The molecular weight excluding hydrogens is 290 g/mol. The third-order valence-corrected chi connectivity index (χ3v) is 2.68. The number of carbonyl (C=O) groups is 3. The van der Waals surface area contributed by atoms with Gasteiger partial charge in [0.2, 0.25) is 0 Å². The highest BCUT2D eigenvalue weighted by molar-refractivity contribution is 6.08. The van der Waals surface area contributed by atoms with Gasteiger partial charge < -0.3 is 15.2 Å². The molecule has 0 radical (unpaired) electrons. The number of methoxy groups -OCH3 is 1. The largest absolute Gasteiger partial charge is 0.476 e. The quantitative estimate of drug-likeness (QED) is 0.815. The summed E-state index contributed by atoms with van der Waals surface area (Å²) >= 11 is 0. The molecule has 0 fully saturated rings. The summed E-state index contributed by atoms with van der Waals surface area (Å²) in [5.74, 6) is -2.56. The van der Waals surface area contributed by atoms with E-state index in [9.17, 15) is 14.4 Å². The number of hydrogen-bond acceptors (Lipinski definition) is 6. The monoisotopic (exact) mass is 301 g/mol. The third kappa shape index (κ3) is 3.23. The number of carboxylic acid groups (broad SMARTS) is 1. The molecule has 1 aromatic carbocycles. The summed E-state index contributed by atoms with van der Waals surface area (Å²) in [4.78, 5) is 41.7. The van der Waals surface area contributed by atoms with E-state index in [1.807, 2.05) is 0 Å². The van der Waals surface area contributed by atoms with Crippen LogP contribution in [0, 0.1) is 0 Å². The van der Waals surface area contributed by atoms with Crippen LogP contribution >= 0.6 is 0 Å². The fourth-order valence-corrected chi connectivity index (χ4v) is 1.66. The van der Waals surface area contributed by atoms with E-state index < -0.39 is 23.5 Å². The standard InChI is InChI=1S/C14H11N3O5/c1-22-14(21)8-2-4-9(5-3-8)17-12(18)10-11(13(19)20)16-7-6-15-10/h2-7H,1H3,(H,17,18)(H,19,20). The summed E-state index contributed by atoms with van der Waals surface area (Å²) in [6.45, 7) is 0. The number of ether oxygens (including phenoxy) is 1. The molecule has 0 saturated heterocycles. The number of esters is 1. The molecule has 112 valence electrons. The number of anilines is 1. The molecule has 0 saturated carbocycles. The molecule has 8 heteroatoms. The van der Waals surface area contributed by atoms with Gasteiger partial charge in [0.15, 0.2) is 11.4 Å². The molecule has 0 aliphatic rings. The predicted molar refractivity (Wildman–Crippen MR) is 74.7 cm³/mol. The first-order valence-corrected chi connectivity index (χ1v) is 6.07. The smallest absolute Gasteiger partial charge is 0.356 e. The Morgan fingerprint density at radius 1 is 1.05 bits per heavy atom. The number of nitrogens with zero attached hydrogens (tertiary/aromatic N) is 2. The minimum Gasteiger partial charge on any atom is -0.476 e. The zero-order valence-electron chi connectivity index (χ0n) is 11.4. The minimum atomic E-state index is -1.35. The van der Waals surface area contributed by atoms with Crippen LogP contribution in [0.2, 0.25) is 0 Å². The molecule has 0 bridgehead atoms. The molecule has 0 atom stereocenters. The zero-order chi connectivity index (χ0) is 16.1. The highest BCUT2D eigenvalue weighted by Crippen LogP contribution is 2.12. The molecule has 1 amide bonds. The van der Waals surface area contributed by atoms with Crippen LogP contribution in [0.1, 0.15) is 31.3 Å². The van der Waals surface area contributed by atoms with Crippen LogP contribution in [0.5, 0.6) is 0 Å². The summed E-state index contributed by atoms with van der Waals surface area (Å²) in [6.07, 6.45) is 2.41. The average molecular weight is 301 g/mol. The van der Waals surface area contributed by atoms with E-state index in [1.165, 1.54) is 43.8 Å². The van der Waals surface area contributed by atoms with E-state index >= 15 is 0 Å². The maximum absolute atomic E-state index is 12.0. The summed E-state index contributed by atoms with van der Waals surface area (Å²) in [5, 5.41) is 11.5. The van der Waals surface area contributed by atoms with Crippen molar-refractivity contribution in [2.45, 2.75) is 0 Å². The summed E-state index contributed by atoms with van der Waals surface area (Å²) in [5.41, 5.74) is -0.0379. The Kier molecular flexibility index (Phi) is 4.42. The minimum absolute atomic E-state index is 0.299. The second-order valence-corrected chi connectivity index (χ2v) is 4.08. The SMILES string of the molecule is COC(=O)c1ccc(NC(=O)c2nccnc2C(=O)O)cc1. The van der Waals surface area contributed by atoms with Gasteiger partial charge in [-0.1, -0.05) is 0 Å². The van der Waals surface area contributed by atoms with Crippen LogP contribution in [0.15, 0.2) is 36.7 Å². The molecule has 22 heavy (non-hydrogen) atoms. The summed E-state index contributed by atoms with van der Waals surface area (Å²) < 4.78 is 4.56. The molecule has 0 aliphatic carbocycles. The number of aromatic nitrogens is 2. The molecule has 2 rings (SSSR count). The van der Waals surface area contributed by atoms with E-state index in [0.717, 1.165) is 0 Å². The van der Waals surface area contributed by atoms with E-state index in [0.29, 0.717) is 11.3 Å². The molecule has 2 N–H and O–H groups in total.